The number of aromatic nitrogens is 2. The number of carbonyl (C=O) groups is 1. The normalized spacial score (nSPS) is 21.1. The van der Waals surface area contributed by atoms with Gasteiger partial charge in [0.05, 0.1) is 0 Å². The van der Waals surface area contributed by atoms with Crippen molar-refractivity contribution in [2.75, 3.05) is 11.9 Å². The van der Waals surface area contributed by atoms with Crippen molar-refractivity contribution in [1.82, 2.24) is 10.2 Å². The molecule has 6 heteroatoms. The Morgan fingerprint density at radius 3 is 3.14 bits per heavy atom. The second-order valence-corrected chi connectivity index (χ2v) is 4.14. The van der Waals surface area contributed by atoms with Crippen LogP contribution in [-0.4, -0.2) is 22.7 Å². The van der Waals surface area contributed by atoms with Crippen LogP contribution in [0.25, 0.3) is 0 Å². The first-order valence-corrected chi connectivity index (χ1v) is 5.30. The monoisotopic (exact) mass is 213 g/mol. The van der Waals surface area contributed by atoms with Gasteiger partial charge in [-0.15, -0.1) is 10.2 Å². The van der Waals surface area contributed by atoms with Crippen LogP contribution in [0.1, 0.15) is 30.9 Å². The molecule has 1 atom stereocenters. The molecule has 1 aliphatic rings. The third kappa shape index (κ3) is 2.08. The standard InChI is InChI=1S/C8H11N3O2S/c1-5(12)9-8-11-10-7(14-8)6-3-2-4-13-6/h6H,2-4H2,1H3,(H,9,11,12). The van der Waals surface area contributed by atoms with Crippen molar-refractivity contribution < 1.29 is 9.53 Å². The summed E-state index contributed by atoms with van der Waals surface area (Å²) < 4.78 is 5.45. The number of hydrogen-bond acceptors (Lipinski definition) is 5. The summed E-state index contributed by atoms with van der Waals surface area (Å²) in [6, 6.07) is 0. The van der Waals surface area contributed by atoms with Gasteiger partial charge in [0.1, 0.15) is 11.1 Å². The van der Waals surface area contributed by atoms with Gasteiger partial charge in [0.2, 0.25) is 11.0 Å². The van der Waals surface area contributed by atoms with Gasteiger partial charge in [-0.05, 0) is 12.8 Å². The Kier molecular flexibility index (Phi) is 2.74. The van der Waals surface area contributed by atoms with E-state index in [1.165, 1.54) is 18.3 Å². The Morgan fingerprint density at radius 1 is 1.64 bits per heavy atom. The molecule has 1 aromatic heterocycles. The molecular formula is C8H11N3O2S. The highest BCUT2D eigenvalue weighted by atomic mass is 32.1. The van der Waals surface area contributed by atoms with E-state index < -0.39 is 0 Å². The average molecular weight is 213 g/mol. The van der Waals surface area contributed by atoms with Gasteiger partial charge in [-0.25, -0.2) is 0 Å². The molecule has 0 radical (unpaired) electrons. The van der Waals surface area contributed by atoms with E-state index in [1.54, 1.807) is 0 Å². The van der Waals surface area contributed by atoms with Crippen LogP contribution in [0.5, 0.6) is 0 Å². The predicted molar refractivity (Wildman–Crippen MR) is 52.1 cm³/mol. The van der Waals surface area contributed by atoms with E-state index in [0.717, 1.165) is 24.5 Å². The highest BCUT2D eigenvalue weighted by Crippen LogP contribution is 2.31. The van der Waals surface area contributed by atoms with Crippen molar-refractivity contribution in [3.8, 4) is 0 Å². The maximum atomic E-state index is 10.7. The number of nitrogens with one attached hydrogen (secondary N) is 1. The number of nitrogens with zero attached hydrogens (tertiary/aromatic N) is 2. The molecule has 0 saturated carbocycles. The SMILES string of the molecule is CC(=O)Nc1nnc(C2CCCO2)s1. The van der Waals surface area contributed by atoms with Gasteiger partial charge in [-0.2, -0.15) is 0 Å². The lowest BCUT2D eigenvalue weighted by atomic mass is 10.2. The summed E-state index contributed by atoms with van der Waals surface area (Å²) in [7, 11) is 0. The Morgan fingerprint density at radius 2 is 2.50 bits per heavy atom. The smallest absolute Gasteiger partial charge is 0.223 e. The topological polar surface area (TPSA) is 64.1 Å². The first-order valence-electron chi connectivity index (χ1n) is 4.48. The molecule has 1 aliphatic heterocycles. The van der Waals surface area contributed by atoms with Crippen LogP contribution < -0.4 is 5.32 Å². The van der Waals surface area contributed by atoms with E-state index in [0.29, 0.717) is 5.13 Å². The van der Waals surface area contributed by atoms with Crippen LogP contribution in [0.2, 0.25) is 0 Å². The van der Waals surface area contributed by atoms with Gasteiger partial charge in [0.25, 0.3) is 0 Å². The lowest BCUT2D eigenvalue weighted by Crippen LogP contribution is -2.04. The fourth-order valence-electron chi connectivity index (χ4n) is 1.34. The second-order valence-electron chi connectivity index (χ2n) is 3.13. The average Bonchev–Trinajstić information content (AvgIpc) is 2.69. The maximum absolute atomic E-state index is 10.7. The van der Waals surface area contributed by atoms with Crippen LogP contribution >= 0.6 is 11.3 Å². The highest BCUT2D eigenvalue weighted by molar-refractivity contribution is 7.15. The highest BCUT2D eigenvalue weighted by Gasteiger charge is 2.21. The zero-order valence-electron chi connectivity index (χ0n) is 7.82. The summed E-state index contributed by atoms with van der Waals surface area (Å²) in [6.45, 7) is 2.24. The summed E-state index contributed by atoms with van der Waals surface area (Å²) in [5.74, 6) is -0.125. The maximum Gasteiger partial charge on any atom is 0.223 e. The van der Waals surface area contributed by atoms with Crippen molar-refractivity contribution in [2.45, 2.75) is 25.9 Å². The predicted octanol–water partition coefficient (Wildman–Crippen LogP) is 1.35. The Hall–Kier alpha value is -1.01. The Bertz CT molecular complexity index is 333. The molecule has 14 heavy (non-hydrogen) atoms. The number of carbonyl (C=O) groups excluding carboxylic acids is 1. The van der Waals surface area contributed by atoms with E-state index >= 15 is 0 Å². The van der Waals surface area contributed by atoms with Gasteiger partial charge in [-0.3, -0.25) is 4.79 Å². The van der Waals surface area contributed by atoms with Crippen molar-refractivity contribution >= 4 is 22.4 Å². The summed E-state index contributed by atoms with van der Waals surface area (Å²) in [5, 5.41) is 11.8. The molecule has 2 rings (SSSR count). The minimum atomic E-state index is -0.125. The number of anilines is 1. The molecular weight excluding hydrogens is 202 g/mol. The number of hydrogen-bond donors (Lipinski definition) is 1. The number of rotatable bonds is 2. The number of amides is 1. The molecule has 1 unspecified atom stereocenters. The van der Waals surface area contributed by atoms with Gasteiger partial charge < -0.3 is 10.1 Å². The summed E-state index contributed by atoms with van der Waals surface area (Å²) in [4.78, 5) is 10.7. The molecule has 1 N–H and O–H groups in total. The molecule has 1 fully saturated rings. The first kappa shape index (κ1) is 9.54. The minimum absolute atomic E-state index is 0.0787. The molecule has 76 valence electrons. The quantitative estimate of drug-likeness (QED) is 0.805. The molecule has 1 amide bonds. The van der Waals surface area contributed by atoms with E-state index in [4.69, 9.17) is 4.74 Å². The first-order chi connectivity index (χ1) is 6.75. The molecule has 0 spiro atoms. The van der Waals surface area contributed by atoms with E-state index in [-0.39, 0.29) is 12.0 Å². The largest absolute Gasteiger partial charge is 0.371 e. The van der Waals surface area contributed by atoms with Gasteiger partial charge >= 0.3 is 0 Å². The van der Waals surface area contributed by atoms with Crippen LogP contribution in [0.3, 0.4) is 0 Å². The third-order valence-electron chi connectivity index (χ3n) is 1.93. The van der Waals surface area contributed by atoms with Crippen LogP contribution in [0.15, 0.2) is 0 Å². The molecule has 0 aliphatic carbocycles. The summed E-state index contributed by atoms with van der Waals surface area (Å²) in [5.41, 5.74) is 0. The van der Waals surface area contributed by atoms with Crippen molar-refractivity contribution in [1.29, 1.82) is 0 Å². The molecule has 0 bridgehead atoms. The van der Waals surface area contributed by atoms with E-state index in [1.807, 2.05) is 0 Å². The van der Waals surface area contributed by atoms with Gasteiger partial charge in [0, 0.05) is 13.5 Å². The lowest BCUT2D eigenvalue weighted by Gasteiger charge is -2.01. The Labute approximate surface area is 85.5 Å². The fraction of sp³-hybridized carbons (Fsp3) is 0.625. The zero-order valence-corrected chi connectivity index (χ0v) is 8.63. The molecule has 1 aromatic rings. The summed E-state index contributed by atoms with van der Waals surface area (Å²) >= 11 is 1.38. The molecule has 5 nitrogen and oxygen atoms in total. The summed E-state index contributed by atoms with van der Waals surface area (Å²) in [6.07, 6.45) is 2.14. The number of ether oxygens (including phenoxy) is 1. The van der Waals surface area contributed by atoms with Crippen LogP contribution in [0.4, 0.5) is 5.13 Å². The Balaban J connectivity index is 2.05. The second kappa shape index (κ2) is 4.02. The van der Waals surface area contributed by atoms with Crippen molar-refractivity contribution in [3.05, 3.63) is 5.01 Å². The van der Waals surface area contributed by atoms with Crippen LogP contribution in [-0.2, 0) is 9.53 Å². The fourth-order valence-corrected chi connectivity index (χ4v) is 2.21. The molecule has 0 aromatic carbocycles. The van der Waals surface area contributed by atoms with Crippen molar-refractivity contribution in [3.63, 3.8) is 0 Å². The molecule has 1 saturated heterocycles. The molecule has 2 heterocycles. The third-order valence-corrected chi connectivity index (χ3v) is 2.86. The van der Waals surface area contributed by atoms with Crippen LogP contribution in [0, 0.1) is 0 Å². The zero-order chi connectivity index (χ0) is 9.97. The van der Waals surface area contributed by atoms with Gasteiger partial charge in [0.15, 0.2) is 0 Å². The van der Waals surface area contributed by atoms with E-state index in [9.17, 15) is 4.79 Å². The van der Waals surface area contributed by atoms with E-state index in [2.05, 4.69) is 15.5 Å². The lowest BCUT2D eigenvalue weighted by molar-refractivity contribution is -0.114. The van der Waals surface area contributed by atoms with Crippen molar-refractivity contribution in [2.24, 2.45) is 0 Å². The van der Waals surface area contributed by atoms with Gasteiger partial charge in [-0.1, -0.05) is 11.3 Å². The minimum Gasteiger partial charge on any atom is -0.371 e.